The monoisotopic (exact) mass is 251 g/mol. The lowest BCUT2D eigenvalue weighted by atomic mass is 10.2. The minimum Gasteiger partial charge on any atom is -0.334 e. The van der Waals surface area contributed by atoms with E-state index >= 15 is 0 Å². The van der Waals surface area contributed by atoms with Crippen LogP contribution in [0.15, 0.2) is 30.3 Å². The lowest BCUT2D eigenvalue weighted by molar-refractivity contribution is 0.219. The van der Waals surface area contributed by atoms with Crippen molar-refractivity contribution in [2.45, 2.75) is 26.5 Å². The van der Waals surface area contributed by atoms with Gasteiger partial charge < -0.3 is 4.90 Å². The van der Waals surface area contributed by atoms with Crippen molar-refractivity contribution in [3.05, 3.63) is 35.9 Å². The number of amides is 1. The molecule has 0 saturated heterocycles. The van der Waals surface area contributed by atoms with Gasteiger partial charge in [-0.05, 0) is 18.4 Å². The van der Waals surface area contributed by atoms with Gasteiger partial charge in [-0.15, -0.1) is 0 Å². The van der Waals surface area contributed by atoms with Crippen molar-refractivity contribution in [2.24, 2.45) is 5.92 Å². The highest BCUT2D eigenvalue weighted by Gasteiger charge is 2.13. The van der Waals surface area contributed by atoms with Gasteiger partial charge in [-0.2, -0.15) is 0 Å². The molecule has 1 amide bonds. The topological polar surface area (TPSA) is 20.3 Å². The molecule has 17 heavy (non-hydrogen) atoms. The fraction of sp³-hybridized carbons (Fsp3) is 0.500. The molecule has 0 aliphatic rings. The summed E-state index contributed by atoms with van der Waals surface area (Å²) in [6.07, 6.45) is 0. The summed E-state index contributed by atoms with van der Waals surface area (Å²) in [6.45, 7) is 7.94. The van der Waals surface area contributed by atoms with Gasteiger partial charge in [-0.1, -0.05) is 55.9 Å². The number of carbonyl (C=O) groups is 1. The zero-order valence-corrected chi connectivity index (χ0v) is 11.7. The van der Waals surface area contributed by atoms with Gasteiger partial charge in [-0.3, -0.25) is 4.79 Å². The molecule has 0 radical (unpaired) electrons. The first-order valence-electron chi connectivity index (χ1n) is 6.09. The van der Waals surface area contributed by atoms with Crippen molar-refractivity contribution in [2.75, 3.05) is 13.1 Å². The molecule has 0 unspecified atom stereocenters. The molecule has 0 bridgehead atoms. The van der Waals surface area contributed by atoms with Gasteiger partial charge >= 0.3 is 0 Å². The minimum atomic E-state index is 0.185. The third-order valence-corrected chi connectivity index (χ3v) is 3.41. The smallest absolute Gasteiger partial charge is 0.281 e. The number of thioether (sulfide) groups is 1. The summed E-state index contributed by atoms with van der Waals surface area (Å²) in [5.74, 6) is 1.28. The van der Waals surface area contributed by atoms with Crippen molar-refractivity contribution >= 4 is 17.0 Å². The predicted molar refractivity (Wildman–Crippen MR) is 75.2 cm³/mol. The van der Waals surface area contributed by atoms with Gasteiger partial charge in [0, 0.05) is 18.8 Å². The van der Waals surface area contributed by atoms with Gasteiger partial charge in [0.2, 0.25) is 0 Å². The number of nitrogens with zero attached hydrogens (tertiary/aromatic N) is 1. The molecule has 94 valence electrons. The molecular formula is C14H21NOS. The molecule has 0 spiro atoms. The molecule has 0 aliphatic carbocycles. The Bertz CT molecular complexity index is 337. The first-order chi connectivity index (χ1) is 8.13. The van der Waals surface area contributed by atoms with Gasteiger partial charge in [0.1, 0.15) is 0 Å². The van der Waals surface area contributed by atoms with Crippen LogP contribution in [0.5, 0.6) is 0 Å². The molecule has 0 N–H and O–H groups in total. The lowest BCUT2D eigenvalue weighted by Gasteiger charge is -2.22. The Morgan fingerprint density at radius 2 is 1.94 bits per heavy atom. The molecule has 1 aromatic rings. The third-order valence-electron chi connectivity index (χ3n) is 2.43. The molecule has 0 aliphatic heterocycles. The number of carbonyl (C=O) groups excluding carboxylic acids is 1. The average molecular weight is 251 g/mol. The zero-order chi connectivity index (χ0) is 12.7. The predicted octanol–water partition coefficient (Wildman–Crippen LogP) is 4.02. The number of hydrogen-bond donors (Lipinski definition) is 0. The normalized spacial score (nSPS) is 10.6. The van der Waals surface area contributed by atoms with Gasteiger partial charge in [0.05, 0.1) is 0 Å². The van der Waals surface area contributed by atoms with Crippen LogP contribution >= 0.6 is 11.8 Å². The van der Waals surface area contributed by atoms with E-state index in [0.717, 1.165) is 18.8 Å². The van der Waals surface area contributed by atoms with Crippen LogP contribution in [-0.4, -0.2) is 23.2 Å². The van der Waals surface area contributed by atoms with Crippen LogP contribution in [0.2, 0.25) is 0 Å². The fourth-order valence-corrected chi connectivity index (χ4v) is 2.45. The molecule has 0 saturated carbocycles. The molecule has 1 rings (SSSR count). The van der Waals surface area contributed by atoms with Crippen LogP contribution in [-0.2, 0) is 5.75 Å². The maximum Gasteiger partial charge on any atom is 0.281 e. The summed E-state index contributed by atoms with van der Waals surface area (Å²) < 4.78 is 0. The molecule has 0 heterocycles. The van der Waals surface area contributed by atoms with E-state index in [9.17, 15) is 4.79 Å². The Morgan fingerprint density at radius 3 is 2.47 bits per heavy atom. The molecule has 0 aromatic heterocycles. The second kappa shape index (κ2) is 7.38. The van der Waals surface area contributed by atoms with Crippen molar-refractivity contribution in [1.82, 2.24) is 4.90 Å². The molecule has 0 atom stereocenters. The summed E-state index contributed by atoms with van der Waals surface area (Å²) in [5.41, 5.74) is 1.20. The van der Waals surface area contributed by atoms with Crippen molar-refractivity contribution < 1.29 is 4.79 Å². The number of rotatable bonds is 5. The summed E-state index contributed by atoms with van der Waals surface area (Å²) in [6, 6.07) is 10.1. The lowest BCUT2D eigenvalue weighted by Crippen LogP contribution is -2.31. The minimum absolute atomic E-state index is 0.185. The quantitative estimate of drug-likeness (QED) is 0.788. The maximum absolute atomic E-state index is 12.0. The molecule has 0 fully saturated rings. The summed E-state index contributed by atoms with van der Waals surface area (Å²) in [4.78, 5) is 13.9. The first-order valence-corrected chi connectivity index (χ1v) is 7.07. The Kier molecular flexibility index (Phi) is 6.12. The standard InChI is InChI=1S/C14H21NOS/c1-4-15(10-12(2)3)14(16)17-11-13-8-6-5-7-9-13/h5-9,12H,4,10-11H2,1-3H3. The largest absolute Gasteiger partial charge is 0.334 e. The fourth-order valence-electron chi connectivity index (χ4n) is 1.58. The van der Waals surface area contributed by atoms with E-state index in [1.54, 1.807) is 0 Å². The van der Waals surface area contributed by atoms with Crippen LogP contribution in [0, 0.1) is 5.92 Å². The van der Waals surface area contributed by atoms with E-state index in [1.807, 2.05) is 30.0 Å². The number of hydrogen-bond acceptors (Lipinski definition) is 2. The van der Waals surface area contributed by atoms with E-state index in [0.29, 0.717) is 5.92 Å². The Morgan fingerprint density at radius 1 is 1.29 bits per heavy atom. The third kappa shape index (κ3) is 5.26. The van der Waals surface area contributed by atoms with Gasteiger partial charge in [-0.25, -0.2) is 0 Å². The van der Waals surface area contributed by atoms with Crippen molar-refractivity contribution in [1.29, 1.82) is 0 Å². The Labute approximate surface area is 108 Å². The van der Waals surface area contributed by atoms with Crippen molar-refractivity contribution in [3.8, 4) is 0 Å². The Hall–Kier alpha value is -0.960. The van der Waals surface area contributed by atoms with Crippen molar-refractivity contribution in [3.63, 3.8) is 0 Å². The highest BCUT2D eigenvalue weighted by molar-refractivity contribution is 8.12. The Balaban J connectivity index is 2.42. The van der Waals surface area contributed by atoms with Crippen LogP contribution in [0.3, 0.4) is 0 Å². The highest BCUT2D eigenvalue weighted by Crippen LogP contribution is 2.16. The maximum atomic E-state index is 12.0. The van der Waals surface area contributed by atoms with E-state index in [2.05, 4.69) is 26.0 Å². The van der Waals surface area contributed by atoms with Gasteiger partial charge in [0.25, 0.3) is 5.24 Å². The highest BCUT2D eigenvalue weighted by atomic mass is 32.2. The van der Waals surface area contributed by atoms with E-state index in [4.69, 9.17) is 0 Å². The average Bonchev–Trinajstić information content (AvgIpc) is 2.34. The zero-order valence-electron chi connectivity index (χ0n) is 10.8. The van der Waals surface area contributed by atoms with E-state index in [1.165, 1.54) is 17.3 Å². The van der Waals surface area contributed by atoms with E-state index < -0.39 is 0 Å². The van der Waals surface area contributed by atoms with E-state index in [-0.39, 0.29) is 5.24 Å². The molecule has 2 nitrogen and oxygen atoms in total. The molecule has 1 aromatic carbocycles. The SMILES string of the molecule is CCN(CC(C)C)C(=O)SCc1ccccc1. The summed E-state index contributed by atoms with van der Waals surface area (Å²) in [5, 5.41) is 0.185. The molecular weight excluding hydrogens is 230 g/mol. The van der Waals surface area contributed by atoms with Crippen LogP contribution < -0.4 is 0 Å². The summed E-state index contributed by atoms with van der Waals surface area (Å²) in [7, 11) is 0. The number of benzene rings is 1. The van der Waals surface area contributed by atoms with Crippen LogP contribution in [0.25, 0.3) is 0 Å². The van der Waals surface area contributed by atoms with Gasteiger partial charge in [0.15, 0.2) is 0 Å². The summed E-state index contributed by atoms with van der Waals surface area (Å²) >= 11 is 1.39. The van der Waals surface area contributed by atoms with Crippen LogP contribution in [0.4, 0.5) is 4.79 Å². The van der Waals surface area contributed by atoms with Crippen LogP contribution in [0.1, 0.15) is 26.3 Å². The molecule has 3 heteroatoms. The first kappa shape index (κ1) is 14.1. The second-order valence-corrected chi connectivity index (χ2v) is 5.40. The second-order valence-electron chi connectivity index (χ2n) is 4.47.